The molecule has 7 nitrogen and oxygen atoms in total. The number of amides is 1. The summed E-state index contributed by atoms with van der Waals surface area (Å²) >= 11 is 0. The highest BCUT2D eigenvalue weighted by atomic mass is 16.2. The second-order valence-corrected chi connectivity index (χ2v) is 7.17. The molecule has 1 aliphatic heterocycles. The molecule has 152 valence electrons. The van der Waals surface area contributed by atoms with Crippen molar-refractivity contribution in [3.63, 3.8) is 0 Å². The van der Waals surface area contributed by atoms with Gasteiger partial charge in [-0.1, -0.05) is 60.7 Å². The van der Waals surface area contributed by atoms with Crippen LogP contribution in [0.25, 0.3) is 5.69 Å². The lowest BCUT2D eigenvalue weighted by Gasteiger charge is -2.23. The number of rotatable bonds is 5. The van der Waals surface area contributed by atoms with Gasteiger partial charge in [-0.2, -0.15) is 10.2 Å². The second-order valence-electron chi connectivity index (χ2n) is 7.17. The van der Waals surface area contributed by atoms with Gasteiger partial charge in [-0.15, -0.1) is 0 Å². The van der Waals surface area contributed by atoms with Gasteiger partial charge >= 0.3 is 0 Å². The minimum atomic E-state index is -0.230. The van der Waals surface area contributed by atoms with Crippen molar-refractivity contribution in [2.24, 2.45) is 5.10 Å². The van der Waals surface area contributed by atoms with E-state index >= 15 is 0 Å². The smallest absolute Gasteiger partial charge is 0.272 e. The third-order valence-electron chi connectivity index (χ3n) is 5.20. The lowest BCUT2D eigenvalue weighted by molar-refractivity contribution is -0.110. The molecule has 1 aliphatic rings. The van der Waals surface area contributed by atoms with Crippen LogP contribution in [0, 0.1) is 0 Å². The van der Waals surface area contributed by atoms with E-state index in [1.807, 2.05) is 77.8 Å². The number of benzene rings is 3. The monoisotopic (exact) mass is 408 g/mol. The van der Waals surface area contributed by atoms with Crippen molar-refractivity contribution in [3.05, 3.63) is 103 Å². The molecule has 1 unspecified atom stereocenters. The highest BCUT2D eigenvalue weighted by Crippen LogP contribution is 2.35. The Hall–Kier alpha value is -4.26. The zero-order valence-electron chi connectivity index (χ0n) is 16.7. The van der Waals surface area contributed by atoms with Crippen LogP contribution in [-0.2, 0) is 4.79 Å². The maximum Gasteiger partial charge on any atom is 0.272 e. The molecule has 0 spiro atoms. The molecule has 1 amide bonds. The summed E-state index contributed by atoms with van der Waals surface area (Å²) in [6, 6.07) is 27.5. The van der Waals surface area contributed by atoms with Gasteiger partial charge in [0.15, 0.2) is 0 Å². The van der Waals surface area contributed by atoms with Crippen molar-refractivity contribution < 1.29 is 4.79 Å². The van der Waals surface area contributed by atoms with Crippen molar-refractivity contribution >= 4 is 23.0 Å². The largest absolute Gasteiger partial charge is 0.319 e. The molecule has 1 aromatic heterocycles. The van der Waals surface area contributed by atoms with E-state index in [2.05, 4.69) is 27.5 Å². The zero-order chi connectivity index (χ0) is 21.0. The average molecular weight is 408 g/mol. The summed E-state index contributed by atoms with van der Waals surface area (Å²) in [5.74, 6) is -0.230. The van der Waals surface area contributed by atoms with E-state index in [-0.39, 0.29) is 11.9 Å². The van der Waals surface area contributed by atoms with Gasteiger partial charge in [0.2, 0.25) is 0 Å². The highest BCUT2D eigenvalue weighted by molar-refractivity contribution is 6.44. The number of aromatic nitrogens is 3. The van der Waals surface area contributed by atoms with E-state index < -0.39 is 0 Å². The summed E-state index contributed by atoms with van der Waals surface area (Å²) in [6.07, 6.45) is 3.57. The minimum Gasteiger partial charge on any atom is -0.319 e. The number of carbonyl (C=O) groups is 1. The molecule has 1 N–H and O–H groups in total. The predicted molar refractivity (Wildman–Crippen MR) is 120 cm³/mol. The van der Waals surface area contributed by atoms with E-state index in [1.165, 1.54) is 6.33 Å². The summed E-state index contributed by atoms with van der Waals surface area (Å²) in [4.78, 5) is 17.2. The maximum absolute atomic E-state index is 13.2. The number of anilines is 2. The van der Waals surface area contributed by atoms with Gasteiger partial charge in [0.25, 0.3) is 5.91 Å². The van der Waals surface area contributed by atoms with Crippen LogP contribution in [-0.4, -0.2) is 26.4 Å². The first-order chi connectivity index (χ1) is 15.3. The van der Waals surface area contributed by atoms with Gasteiger partial charge in [-0.05, 0) is 29.8 Å². The van der Waals surface area contributed by atoms with Gasteiger partial charge in [-0.3, -0.25) is 9.80 Å². The van der Waals surface area contributed by atoms with Crippen molar-refractivity contribution in [1.29, 1.82) is 0 Å². The van der Waals surface area contributed by atoms with Gasteiger partial charge in [0.1, 0.15) is 18.4 Å². The Morgan fingerprint density at radius 3 is 2.35 bits per heavy atom. The molecule has 2 heterocycles. The molecular weight excluding hydrogens is 388 g/mol. The molecule has 1 atom stereocenters. The Bertz CT molecular complexity index is 1210. The van der Waals surface area contributed by atoms with Crippen LogP contribution in [0.4, 0.5) is 11.4 Å². The van der Waals surface area contributed by atoms with Crippen LogP contribution in [0.5, 0.6) is 0 Å². The number of hydrazone groups is 1. The number of nitrogens with zero attached hydrogens (tertiary/aromatic N) is 5. The van der Waals surface area contributed by atoms with Crippen molar-refractivity contribution in [2.45, 2.75) is 12.5 Å². The number of para-hydroxylation sites is 3. The quantitative estimate of drug-likeness (QED) is 0.537. The predicted octanol–water partition coefficient (Wildman–Crippen LogP) is 4.21. The lowest BCUT2D eigenvalue weighted by atomic mass is 10.0. The van der Waals surface area contributed by atoms with Crippen LogP contribution >= 0.6 is 0 Å². The fraction of sp³-hybridized carbons (Fsp3) is 0.0833. The first-order valence-electron chi connectivity index (χ1n) is 10.0. The Balaban J connectivity index is 1.45. The molecule has 0 saturated carbocycles. The van der Waals surface area contributed by atoms with Crippen LogP contribution in [0.3, 0.4) is 0 Å². The summed E-state index contributed by atoms with van der Waals surface area (Å²) in [6.45, 7) is 0. The molecule has 3 aromatic carbocycles. The Kier molecular flexibility index (Phi) is 4.98. The number of carbonyl (C=O) groups excluding carboxylic acids is 1. The second kappa shape index (κ2) is 8.23. The van der Waals surface area contributed by atoms with Gasteiger partial charge in [-0.25, -0.2) is 9.67 Å². The van der Waals surface area contributed by atoms with E-state index in [1.54, 1.807) is 11.0 Å². The van der Waals surface area contributed by atoms with Crippen LogP contribution in [0.1, 0.15) is 18.0 Å². The van der Waals surface area contributed by atoms with E-state index in [4.69, 9.17) is 5.10 Å². The topological polar surface area (TPSA) is 75.4 Å². The Morgan fingerprint density at radius 1 is 0.903 bits per heavy atom. The molecule has 5 rings (SSSR count). The maximum atomic E-state index is 13.2. The summed E-state index contributed by atoms with van der Waals surface area (Å²) in [5, 5.41) is 13.8. The van der Waals surface area contributed by atoms with Crippen LogP contribution in [0.15, 0.2) is 103 Å². The summed E-state index contributed by atoms with van der Waals surface area (Å²) in [7, 11) is 0. The van der Waals surface area contributed by atoms with Gasteiger partial charge in [0, 0.05) is 6.42 Å². The summed E-state index contributed by atoms with van der Waals surface area (Å²) in [5.41, 5.74) is 3.93. The number of hydrogen-bond donors (Lipinski definition) is 1. The third-order valence-corrected chi connectivity index (χ3v) is 5.20. The Labute approximate surface area is 179 Å². The SMILES string of the molecule is O=C(Nc1ccccc1-n1cncn1)C1=NN(c2ccccc2)C(c2ccccc2)C1. The Morgan fingerprint density at radius 2 is 1.61 bits per heavy atom. The van der Waals surface area contributed by atoms with E-state index in [0.29, 0.717) is 17.8 Å². The lowest BCUT2D eigenvalue weighted by Crippen LogP contribution is -2.22. The average Bonchev–Trinajstić information content (AvgIpc) is 3.51. The fourth-order valence-corrected chi connectivity index (χ4v) is 3.71. The first-order valence-corrected chi connectivity index (χ1v) is 10.0. The number of hydrogen-bond acceptors (Lipinski definition) is 5. The molecule has 0 bridgehead atoms. The normalized spacial score (nSPS) is 15.5. The zero-order valence-corrected chi connectivity index (χ0v) is 16.7. The molecule has 31 heavy (non-hydrogen) atoms. The molecule has 4 aromatic rings. The highest BCUT2D eigenvalue weighted by Gasteiger charge is 2.32. The van der Waals surface area contributed by atoms with Crippen LogP contribution in [0.2, 0.25) is 0 Å². The third kappa shape index (κ3) is 3.81. The van der Waals surface area contributed by atoms with E-state index in [0.717, 1.165) is 16.9 Å². The minimum absolute atomic E-state index is 0.0464. The fourth-order valence-electron chi connectivity index (χ4n) is 3.71. The van der Waals surface area contributed by atoms with Crippen molar-refractivity contribution in [2.75, 3.05) is 10.3 Å². The van der Waals surface area contributed by atoms with E-state index in [9.17, 15) is 4.79 Å². The van der Waals surface area contributed by atoms with Crippen LogP contribution < -0.4 is 10.3 Å². The van der Waals surface area contributed by atoms with Crippen molar-refractivity contribution in [3.8, 4) is 5.69 Å². The molecule has 7 heteroatoms. The molecular formula is C24H20N6O. The van der Waals surface area contributed by atoms with Gasteiger partial charge < -0.3 is 5.32 Å². The molecule has 0 aliphatic carbocycles. The molecule has 0 radical (unpaired) electrons. The van der Waals surface area contributed by atoms with Crippen molar-refractivity contribution in [1.82, 2.24) is 14.8 Å². The molecule has 0 fully saturated rings. The summed E-state index contributed by atoms with van der Waals surface area (Å²) < 4.78 is 1.62. The molecule has 0 saturated heterocycles. The first kappa shape index (κ1) is 18.7. The standard InChI is InChI=1S/C24H20N6O/c31-24(27-20-13-7-8-14-22(20)29-17-25-16-26-29)21-15-23(18-9-3-1-4-10-18)30(28-21)19-11-5-2-6-12-19/h1-14,16-17,23H,15H2,(H,27,31). The number of nitrogens with one attached hydrogen (secondary N) is 1. The van der Waals surface area contributed by atoms with Gasteiger partial charge in [0.05, 0.1) is 23.1 Å².